The zero-order valence-electron chi connectivity index (χ0n) is 17.4. The number of nitrogens with two attached hydrogens (primary N) is 1. The Labute approximate surface area is 181 Å². The fourth-order valence-corrected chi connectivity index (χ4v) is 3.82. The van der Waals surface area contributed by atoms with Gasteiger partial charge in [0, 0.05) is 36.6 Å². The van der Waals surface area contributed by atoms with Gasteiger partial charge in [0.1, 0.15) is 0 Å². The van der Waals surface area contributed by atoms with E-state index in [2.05, 4.69) is 20.9 Å². The summed E-state index contributed by atoms with van der Waals surface area (Å²) >= 11 is 0. The molecule has 3 N–H and O–H groups in total. The maximum Gasteiger partial charge on any atom is 0.334 e. The zero-order chi connectivity index (χ0) is 22.4. The van der Waals surface area contributed by atoms with Gasteiger partial charge in [-0.1, -0.05) is 6.07 Å². The molecule has 0 aliphatic carbocycles. The van der Waals surface area contributed by atoms with Crippen molar-refractivity contribution in [2.45, 2.75) is 6.92 Å². The molecule has 5 rings (SSSR count). The Morgan fingerprint density at radius 2 is 1.94 bits per heavy atom. The molecule has 156 valence electrons. The topological polar surface area (TPSA) is 120 Å². The van der Waals surface area contributed by atoms with E-state index in [1.54, 1.807) is 37.2 Å². The minimum absolute atomic E-state index is 0.140. The van der Waals surface area contributed by atoms with Gasteiger partial charge in [0.2, 0.25) is 0 Å². The van der Waals surface area contributed by atoms with Gasteiger partial charge < -0.3 is 5.41 Å². The summed E-state index contributed by atoms with van der Waals surface area (Å²) in [5, 5.41) is 18.7. The summed E-state index contributed by atoms with van der Waals surface area (Å²) in [6, 6.07) is 11.5. The fourth-order valence-electron chi connectivity index (χ4n) is 3.82. The highest BCUT2D eigenvalue weighted by atomic mass is 16.1. The van der Waals surface area contributed by atoms with Gasteiger partial charge in [-0.2, -0.15) is 5.10 Å². The number of fused-ring (bicyclic) bond motifs is 3. The second-order valence-electron chi connectivity index (χ2n) is 7.37. The Hall–Kier alpha value is -4.62. The van der Waals surface area contributed by atoms with E-state index in [-0.39, 0.29) is 17.1 Å². The first kappa shape index (κ1) is 19.3. The van der Waals surface area contributed by atoms with Crippen molar-refractivity contribution in [1.82, 2.24) is 28.9 Å². The van der Waals surface area contributed by atoms with Crippen LogP contribution in [0.3, 0.4) is 0 Å². The minimum atomic E-state index is -0.315. The smallest absolute Gasteiger partial charge is 0.303 e. The van der Waals surface area contributed by atoms with E-state index in [4.69, 9.17) is 10.8 Å². The number of hydrogen-bond donors (Lipinski definition) is 2. The quantitative estimate of drug-likeness (QED) is 0.425. The normalized spacial score (nSPS) is 11.1. The molecule has 32 heavy (non-hydrogen) atoms. The lowest BCUT2D eigenvalue weighted by atomic mass is 10.0. The Morgan fingerprint density at radius 1 is 1.12 bits per heavy atom. The van der Waals surface area contributed by atoms with Crippen LogP contribution in [0, 0.1) is 5.41 Å². The third-order valence-corrected chi connectivity index (χ3v) is 5.42. The summed E-state index contributed by atoms with van der Waals surface area (Å²) in [7, 11) is 1.67. The molecule has 0 saturated carbocycles. The highest BCUT2D eigenvalue weighted by Crippen LogP contribution is 2.29. The van der Waals surface area contributed by atoms with Crippen molar-refractivity contribution < 1.29 is 5.41 Å². The average molecular weight is 423 g/mol. The van der Waals surface area contributed by atoms with Gasteiger partial charge in [-0.05, 0) is 42.8 Å². The molecule has 0 aliphatic rings. The number of pyridine rings is 2. The van der Waals surface area contributed by atoms with Crippen LogP contribution in [0.4, 0.5) is 0 Å². The zero-order valence-corrected chi connectivity index (χ0v) is 17.4. The third-order valence-electron chi connectivity index (χ3n) is 5.42. The molecule has 0 unspecified atom stereocenters. The van der Waals surface area contributed by atoms with Crippen molar-refractivity contribution in [2.24, 2.45) is 7.05 Å². The van der Waals surface area contributed by atoms with E-state index < -0.39 is 0 Å². The summed E-state index contributed by atoms with van der Waals surface area (Å²) < 4.78 is 4.61. The molecule has 0 bridgehead atoms. The number of hydrogen-bond acceptors (Lipinski definition) is 5. The molecule has 5 aromatic rings. The summed E-state index contributed by atoms with van der Waals surface area (Å²) in [6.45, 7) is 1.57. The molecule has 9 heteroatoms. The average Bonchev–Trinajstić information content (AvgIpc) is 3.43. The van der Waals surface area contributed by atoms with E-state index in [9.17, 15) is 4.79 Å². The summed E-state index contributed by atoms with van der Waals surface area (Å²) in [5.74, 6) is 3.22. The number of rotatable bonds is 4. The molecule has 0 aliphatic heterocycles. The summed E-state index contributed by atoms with van der Waals surface area (Å²) in [5.41, 5.74) is 3.86. The number of benzene rings is 1. The molecule has 0 fully saturated rings. The molecular formula is C23H19N8O+. The van der Waals surface area contributed by atoms with Crippen LogP contribution in [-0.4, -0.2) is 40.5 Å². The number of aryl methyl sites for hydroxylation is 1. The van der Waals surface area contributed by atoms with E-state index >= 15 is 0 Å². The fraction of sp³-hybridized carbons (Fsp3) is 0.0870. The van der Waals surface area contributed by atoms with Crippen LogP contribution >= 0.6 is 0 Å². The van der Waals surface area contributed by atoms with E-state index in [1.807, 2.05) is 42.6 Å². The maximum atomic E-state index is 13.0. The highest BCUT2D eigenvalue weighted by molar-refractivity contribution is 6.25. The van der Waals surface area contributed by atoms with Crippen LogP contribution in [0.5, 0.6) is 0 Å². The third kappa shape index (κ3) is 2.88. The first-order chi connectivity index (χ1) is 15.5. The summed E-state index contributed by atoms with van der Waals surface area (Å²) in [4.78, 5) is 22.0. The van der Waals surface area contributed by atoms with Crippen molar-refractivity contribution >= 4 is 39.2 Å². The highest BCUT2D eigenvalue weighted by Gasteiger charge is 2.20. The van der Waals surface area contributed by atoms with Crippen molar-refractivity contribution in [2.75, 3.05) is 0 Å². The molecule has 9 nitrogen and oxygen atoms in total. The first-order valence-electron chi connectivity index (χ1n) is 9.85. The Bertz CT molecular complexity index is 1620. The van der Waals surface area contributed by atoms with Crippen LogP contribution < -0.4 is 11.1 Å². The van der Waals surface area contributed by atoms with E-state index in [0.29, 0.717) is 11.0 Å². The predicted molar refractivity (Wildman–Crippen MR) is 123 cm³/mol. The van der Waals surface area contributed by atoms with Crippen LogP contribution in [0.2, 0.25) is 0 Å². The van der Waals surface area contributed by atoms with Crippen molar-refractivity contribution in [1.29, 1.82) is 5.41 Å². The number of allylic oxidation sites excluding steroid dienone is 1. The van der Waals surface area contributed by atoms with Crippen molar-refractivity contribution in [3.05, 3.63) is 71.7 Å². The molecule has 0 spiro atoms. The SMILES string of the molecule is CC(=N)C(=C=[NH2+])n1c(=O)n(C)c2cnc3ccc(-c4ccc(-n5cccn5)nc4)cc3c21. The lowest BCUT2D eigenvalue weighted by molar-refractivity contribution is -0.101. The maximum absolute atomic E-state index is 13.0. The first-order valence-corrected chi connectivity index (χ1v) is 9.85. The number of aromatic nitrogens is 6. The van der Waals surface area contributed by atoms with Gasteiger partial charge >= 0.3 is 5.69 Å². The van der Waals surface area contributed by atoms with Crippen LogP contribution in [0.1, 0.15) is 6.92 Å². The second-order valence-corrected chi connectivity index (χ2v) is 7.37. The second kappa shape index (κ2) is 7.26. The molecule has 4 aromatic heterocycles. The lowest BCUT2D eigenvalue weighted by Gasteiger charge is -2.08. The van der Waals surface area contributed by atoms with Gasteiger partial charge in [-0.15, -0.1) is 0 Å². The van der Waals surface area contributed by atoms with Gasteiger partial charge in [0.05, 0.1) is 28.5 Å². The van der Waals surface area contributed by atoms with Crippen LogP contribution in [0.15, 0.2) is 66.0 Å². The van der Waals surface area contributed by atoms with Crippen molar-refractivity contribution in [3.63, 3.8) is 0 Å². The molecule has 0 saturated heterocycles. The van der Waals surface area contributed by atoms with Crippen LogP contribution in [0.25, 0.3) is 44.6 Å². The lowest BCUT2D eigenvalue weighted by Crippen LogP contribution is -2.31. The van der Waals surface area contributed by atoms with Gasteiger partial charge in [-0.25, -0.2) is 24.4 Å². The molecule has 0 atom stereocenters. The van der Waals surface area contributed by atoms with Gasteiger partial charge in [0.15, 0.2) is 17.4 Å². The Balaban J connectivity index is 1.75. The van der Waals surface area contributed by atoms with Gasteiger partial charge in [-0.3, -0.25) is 9.55 Å². The Kier molecular flexibility index (Phi) is 4.39. The largest absolute Gasteiger partial charge is 0.334 e. The Morgan fingerprint density at radius 3 is 2.59 bits per heavy atom. The number of nitrogens with zero attached hydrogens (tertiary/aromatic N) is 6. The molecule has 0 amide bonds. The van der Waals surface area contributed by atoms with Crippen molar-refractivity contribution in [3.8, 4) is 16.9 Å². The number of nitrogens with one attached hydrogen (secondary N) is 1. The molecule has 4 heterocycles. The minimum Gasteiger partial charge on any atom is -0.303 e. The molecule has 1 aromatic carbocycles. The monoisotopic (exact) mass is 423 g/mol. The van der Waals surface area contributed by atoms with Crippen LogP contribution in [-0.2, 0) is 7.05 Å². The van der Waals surface area contributed by atoms with E-state index in [0.717, 1.165) is 27.8 Å². The van der Waals surface area contributed by atoms with Gasteiger partial charge in [0.25, 0.3) is 0 Å². The summed E-state index contributed by atoms with van der Waals surface area (Å²) in [6.07, 6.45) is 6.97. The standard InChI is InChI=1S/C23H18N8O/c1-14(25)19(11-24)31-22-17-10-15(4-6-18(17)26-13-20(22)29(2)23(31)32)16-5-7-21(27-12-16)30-9-3-8-28-30/h3-10,12-13,24-25H,1-2H3/p+1. The molecule has 0 radical (unpaired) electrons. The molecular weight excluding hydrogens is 404 g/mol. The number of imidazole rings is 1. The van der Waals surface area contributed by atoms with E-state index in [1.165, 1.54) is 9.13 Å². The predicted octanol–water partition coefficient (Wildman–Crippen LogP) is 1.45.